The molecule has 1 rings (SSSR count). The van der Waals surface area contributed by atoms with E-state index < -0.39 is 4.33 Å². The quantitative estimate of drug-likeness (QED) is 0.682. The predicted molar refractivity (Wildman–Crippen MR) is 53.4 cm³/mol. The Morgan fingerprint density at radius 1 is 1.00 bits per heavy atom. The van der Waals surface area contributed by atoms with E-state index in [0.29, 0.717) is 13.1 Å². The summed E-state index contributed by atoms with van der Waals surface area (Å²) in [5.41, 5.74) is 11.1. The molecule has 4 N–H and O–H groups in total. The fourth-order valence-electron chi connectivity index (χ4n) is 1.84. The topological polar surface area (TPSA) is 52.0 Å². The molecule has 0 amide bonds. The molecule has 0 heterocycles. The largest absolute Gasteiger partial charge is 0.330 e. The van der Waals surface area contributed by atoms with Crippen LogP contribution in [0.4, 0.5) is 0 Å². The van der Waals surface area contributed by atoms with E-state index in [-0.39, 0.29) is 5.41 Å². The monoisotopic (exact) mass is 210 g/mol. The Kier molecular flexibility index (Phi) is 3.27. The number of halogens is 2. The highest BCUT2D eigenvalue weighted by atomic mass is 35.5. The maximum absolute atomic E-state index is 6.20. The third-order valence-corrected chi connectivity index (χ3v) is 4.13. The van der Waals surface area contributed by atoms with Crippen molar-refractivity contribution < 1.29 is 0 Å². The molecule has 4 heteroatoms. The smallest absolute Gasteiger partial charge is 0.126 e. The van der Waals surface area contributed by atoms with Crippen LogP contribution in [0.5, 0.6) is 0 Å². The summed E-state index contributed by atoms with van der Waals surface area (Å²) in [7, 11) is 0. The maximum Gasteiger partial charge on any atom is 0.126 e. The van der Waals surface area contributed by atoms with Crippen LogP contribution >= 0.6 is 23.2 Å². The van der Waals surface area contributed by atoms with Crippen LogP contribution in [0.2, 0.25) is 0 Å². The van der Waals surface area contributed by atoms with Gasteiger partial charge in [0.2, 0.25) is 0 Å². The Bertz CT molecular complexity index is 155. The summed E-state index contributed by atoms with van der Waals surface area (Å²) in [5.74, 6) is 0. The second-order valence-corrected chi connectivity index (χ2v) is 5.08. The summed E-state index contributed by atoms with van der Waals surface area (Å²) in [6.07, 6.45) is 3.97. The summed E-state index contributed by atoms with van der Waals surface area (Å²) < 4.78 is -0.714. The SMILES string of the molecule is NCC1(CN)CCCCC1(Cl)Cl. The lowest BCUT2D eigenvalue weighted by atomic mass is 9.73. The molecule has 2 nitrogen and oxygen atoms in total. The zero-order chi connectivity index (χ0) is 9.24. The normalized spacial score (nSPS) is 27.0. The summed E-state index contributed by atoms with van der Waals surface area (Å²) in [4.78, 5) is 0. The highest BCUT2D eigenvalue weighted by molar-refractivity contribution is 6.49. The van der Waals surface area contributed by atoms with Gasteiger partial charge in [-0.2, -0.15) is 0 Å². The van der Waals surface area contributed by atoms with Crippen molar-refractivity contribution in [1.82, 2.24) is 0 Å². The van der Waals surface area contributed by atoms with Crippen molar-refractivity contribution in [1.29, 1.82) is 0 Å². The first kappa shape index (κ1) is 10.6. The van der Waals surface area contributed by atoms with E-state index in [1.165, 1.54) is 0 Å². The number of rotatable bonds is 2. The minimum absolute atomic E-state index is 0.256. The van der Waals surface area contributed by atoms with Crippen molar-refractivity contribution in [2.24, 2.45) is 16.9 Å². The van der Waals surface area contributed by atoms with Crippen molar-refractivity contribution in [3.05, 3.63) is 0 Å². The number of nitrogens with two attached hydrogens (primary N) is 2. The average Bonchev–Trinajstić information content (AvgIpc) is 2.05. The lowest BCUT2D eigenvalue weighted by Gasteiger charge is -2.45. The van der Waals surface area contributed by atoms with E-state index in [1.54, 1.807) is 0 Å². The minimum Gasteiger partial charge on any atom is -0.330 e. The van der Waals surface area contributed by atoms with Crippen LogP contribution in [0.3, 0.4) is 0 Å². The highest BCUT2D eigenvalue weighted by Crippen LogP contribution is 2.50. The van der Waals surface area contributed by atoms with E-state index in [9.17, 15) is 0 Å². The highest BCUT2D eigenvalue weighted by Gasteiger charge is 2.48. The molecule has 1 saturated carbocycles. The Morgan fingerprint density at radius 3 is 1.83 bits per heavy atom. The van der Waals surface area contributed by atoms with Crippen molar-refractivity contribution in [3.8, 4) is 0 Å². The molecule has 0 unspecified atom stereocenters. The third kappa shape index (κ3) is 1.58. The van der Waals surface area contributed by atoms with Crippen molar-refractivity contribution in [2.75, 3.05) is 13.1 Å². The van der Waals surface area contributed by atoms with Gasteiger partial charge in [-0.1, -0.05) is 12.8 Å². The van der Waals surface area contributed by atoms with Crippen LogP contribution in [0, 0.1) is 5.41 Å². The molecule has 0 aliphatic heterocycles. The summed E-state index contributed by atoms with van der Waals surface area (Å²) in [5, 5.41) is 0. The molecule has 72 valence electrons. The van der Waals surface area contributed by atoms with Gasteiger partial charge < -0.3 is 11.5 Å². The van der Waals surface area contributed by atoms with Gasteiger partial charge in [-0.25, -0.2) is 0 Å². The van der Waals surface area contributed by atoms with Crippen molar-refractivity contribution >= 4 is 23.2 Å². The van der Waals surface area contributed by atoms with Gasteiger partial charge in [0.05, 0.1) is 0 Å². The predicted octanol–water partition coefficient (Wildman–Crippen LogP) is 1.64. The first-order valence-corrected chi connectivity index (χ1v) is 5.11. The number of hydrogen-bond acceptors (Lipinski definition) is 2. The van der Waals surface area contributed by atoms with Crippen molar-refractivity contribution in [3.63, 3.8) is 0 Å². The van der Waals surface area contributed by atoms with Gasteiger partial charge in [-0.3, -0.25) is 0 Å². The van der Waals surface area contributed by atoms with Crippen LogP contribution in [0.1, 0.15) is 25.7 Å². The molecule has 1 fully saturated rings. The third-order valence-electron chi connectivity index (χ3n) is 2.95. The van der Waals surface area contributed by atoms with Crippen molar-refractivity contribution in [2.45, 2.75) is 30.0 Å². The number of hydrogen-bond donors (Lipinski definition) is 2. The molecule has 1 aliphatic rings. The van der Waals surface area contributed by atoms with E-state index in [0.717, 1.165) is 25.7 Å². The molecule has 1 aliphatic carbocycles. The molecule has 0 spiro atoms. The molecule has 0 aromatic rings. The molecule has 0 atom stereocenters. The van der Waals surface area contributed by atoms with Crippen LogP contribution in [-0.4, -0.2) is 17.4 Å². The molecular formula is C8H16Cl2N2. The Hall–Kier alpha value is 0.500. The molecule has 0 aromatic heterocycles. The fraction of sp³-hybridized carbons (Fsp3) is 1.00. The zero-order valence-electron chi connectivity index (χ0n) is 7.15. The Morgan fingerprint density at radius 2 is 1.50 bits per heavy atom. The fourth-order valence-corrected chi connectivity index (χ4v) is 2.61. The number of alkyl halides is 2. The second kappa shape index (κ2) is 3.70. The van der Waals surface area contributed by atoms with Crippen LogP contribution in [-0.2, 0) is 0 Å². The first-order valence-electron chi connectivity index (χ1n) is 4.36. The Labute approximate surface area is 83.6 Å². The van der Waals surface area contributed by atoms with Crippen LogP contribution in [0.25, 0.3) is 0 Å². The summed E-state index contributed by atoms with van der Waals surface area (Å²) in [6.45, 7) is 0.965. The standard InChI is InChI=1S/C8H16Cl2N2/c9-8(10)4-2-1-3-7(8,5-11)6-12/h1-6,11-12H2. The van der Waals surface area contributed by atoms with E-state index in [2.05, 4.69) is 0 Å². The van der Waals surface area contributed by atoms with E-state index in [4.69, 9.17) is 34.7 Å². The van der Waals surface area contributed by atoms with E-state index >= 15 is 0 Å². The molecule has 0 aromatic carbocycles. The maximum atomic E-state index is 6.20. The summed E-state index contributed by atoms with van der Waals surface area (Å²) >= 11 is 12.4. The van der Waals surface area contributed by atoms with Gasteiger partial charge in [0.15, 0.2) is 0 Å². The van der Waals surface area contributed by atoms with E-state index in [1.807, 2.05) is 0 Å². The molecular weight excluding hydrogens is 195 g/mol. The Balaban J connectivity index is 2.81. The van der Waals surface area contributed by atoms with Gasteiger partial charge in [0.25, 0.3) is 0 Å². The van der Waals surface area contributed by atoms with Gasteiger partial charge in [-0.05, 0) is 12.8 Å². The van der Waals surface area contributed by atoms with Gasteiger partial charge in [0, 0.05) is 18.5 Å². The molecule has 0 radical (unpaired) electrons. The van der Waals surface area contributed by atoms with Crippen LogP contribution < -0.4 is 11.5 Å². The van der Waals surface area contributed by atoms with Gasteiger partial charge in [-0.15, -0.1) is 23.2 Å². The molecule has 0 bridgehead atoms. The molecule has 0 saturated heterocycles. The minimum atomic E-state index is -0.714. The lowest BCUT2D eigenvalue weighted by Crippen LogP contribution is -2.52. The first-order chi connectivity index (χ1) is 5.58. The lowest BCUT2D eigenvalue weighted by molar-refractivity contribution is 0.191. The average molecular weight is 211 g/mol. The van der Waals surface area contributed by atoms with Gasteiger partial charge >= 0.3 is 0 Å². The second-order valence-electron chi connectivity index (χ2n) is 3.60. The summed E-state index contributed by atoms with van der Waals surface area (Å²) in [6, 6.07) is 0. The van der Waals surface area contributed by atoms with Crippen LogP contribution in [0.15, 0.2) is 0 Å². The molecule has 12 heavy (non-hydrogen) atoms. The zero-order valence-corrected chi connectivity index (χ0v) is 8.67. The van der Waals surface area contributed by atoms with Gasteiger partial charge in [0.1, 0.15) is 4.33 Å².